The molecule has 1 aromatic heterocycles. The Labute approximate surface area is 230 Å². The fourth-order valence-electron chi connectivity index (χ4n) is 3.67. The first-order valence-corrected chi connectivity index (χ1v) is 14.9. The number of carbonyl (C=O) groups is 1. The van der Waals surface area contributed by atoms with Crippen molar-refractivity contribution >= 4 is 32.2 Å². The molecule has 1 heterocycles. The molecular formula is C25H36N8O5Si. The second-order valence-electron chi connectivity index (χ2n) is 7.95. The fraction of sp³-hybridized carbons (Fsp3) is 0.520. The van der Waals surface area contributed by atoms with Crippen LogP contribution in [-0.2, 0) is 18.0 Å². The maximum atomic E-state index is 12.1. The summed E-state index contributed by atoms with van der Waals surface area (Å²) in [7, 11) is -2.72. The van der Waals surface area contributed by atoms with Gasteiger partial charge in [-0.15, -0.1) is 10.2 Å². The zero-order chi connectivity index (χ0) is 28.5. The van der Waals surface area contributed by atoms with Gasteiger partial charge in [-0.05, 0) is 58.4 Å². The summed E-state index contributed by atoms with van der Waals surface area (Å²) in [6.07, 6.45) is 0.181. The molecule has 0 saturated heterocycles. The molecular weight excluding hydrogens is 520 g/mol. The van der Waals surface area contributed by atoms with Gasteiger partial charge in [0.25, 0.3) is 0 Å². The third-order valence-electron chi connectivity index (χ3n) is 5.38. The van der Waals surface area contributed by atoms with Gasteiger partial charge in [-0.25, -0.2) is 4.79 Å². The predicted molar refractivity (Wildman–Crippen MR) is 146 cm³/mol. The summed E-state index contributed by atoms with van der Waals surface area (Å²) in [4.78, 5) is 20.8. The van der Waals surface area contributed by atoms with Gasteiger partial charge in [0, 0.05) is 44.6 Å². The lowest BCUT2D eigenvalue weighted by molar-refractivity contribution is 0.0706. The van der Waals surface area contributed by atoms with E-state index in [0.717, 1.165) is 5.69 Å². The predicted octanol–water partition coefficient (Wildman–Crippen LogP) is 4.56. The number of benzene rings is 1. The van der Waals surface area contributed by atoms with Crippen LogP contribution in [0.5, 0.6) is 0 Å². The largest absolute Gasteiger partial charge is 0.500 e. The van der Waals surface area contributed by atoms with E-state index < -0.39 is 14.9 Å². The number of hydrogen-bond acceptors (Lipinski definition) is 11. The van der Waals surface area contributed by atoms with Crippen LogP contribution in [0.4, 0.5) is 22.1 Å². The average Bonchev–Trinajstić information content (AvgIpc) is 3.36. The van der Waals surface area contributed by atoms with E-state index in [4.69, 9.17) is 28.5 Å². The molecule has 2 aromatic rings. The van der Waals surface area contributed by atoms with Gasteiger partial charge in [-0.1, -0.05) is 0 Å². The Morgan fingerprint density at radius 2 is 1.72 bits per heavy atom. The van der Waals surface area contributed by atoms with E-state index in [2.05, 4.69) is 30.4 Å². The second-order valence-corrected chi connectivity index (χ2v) is 10.7. The summed E-state index contributed by atoms with van der Waals surface area (Å²) in [5.74, 6) is 0.0806. The van der Waals surface area contributed by atoms with Crippen LogP contribution >= 0.6 is 0 Å². The smallest absolute Gasteiger partial charge is 0.448 e. The van der Waals surface area contributed by atoms with Crippen LogP contribution in [-0.4, -0.2) is 70.9 Å². The highest BCUT2D eigenvalue weighted by Gasteiger charge is 2.39. The van der Waals surface area contributed by atoms with Gasteiger partial charge in [-0.2, -0.15) is 15.5 Å². The van der Waals surface area contributed by atoms with E-state index in [1.807, 2.05) is 52.0 Å². The number of amides is 1. The lowest BCUT2D eigenvalue weighted by Gasteiger charge is -2.28. The van der Waals surface area contributed by atoms with Crippen molar-refractivity contribution in [2.24, 2.45) is 10.2 Å². The molecule has 0 aliphatic carbocycles. The van der Waals surface area contributed by atoms with Gasteiger partial charge < -0.3 is 33.2 Å². The number of azo groups is 1. The summed E-state index contributed by atoms with van der Waals surface area (Å²) in [5.41, 5.74) is 1.53. The van der Waals surface area contributed by atoms with Crippen LogP contribution in [0.25, 0.3) is 0 Å². The van der Waals surface area contributed by atoms with Crippen molar-refractivity contribution in [3.63, 3.8) is 0 Å². The van der Waals surface area contributed by atoms with E-state index in [9.17, 15) is 4.79 Å². The zero-order valence-electron chi connectivity index (χ0n) is 22.9. The number of rotatable bonds is 17. The first kappa shape index (κ1) is 31.4. The van der Waals surface area contributed by atoms with Gasteiger partial charge in [0.2, 0.25) is 5.95 Å². The number of nitrogens with one attached hydrogen (secondary N) is 2. The molecule has 0 aliphatic rings. The van der Waals surface area contributed by atoms with Crippen molar-refractivity contribution in [2.75, 3.05) is 51.0 Å². The molecule has 0 bridgehead atoms. The number of alkyl carbamates (subject to hydrolysis) is 1. The molecule has 210 valence electrons. The summed E-state index contributed by atoms with van der Waals surface area (Å²) < 4.78 is 22.8. The highest BCUT2D eigenvalue weighted by molar-refractivity contribution is 6.60. The first-order valence-electron chi connectivity index (χ1n) is 12.9. The number of nitrogens with zero attached hydrogens (tertiary/aromatic N) is 6. The van der Waals surface area contributed by atoms with E-state index >= 15 is 0 Å². The minimum atomic E-state index is -2.72. The number of aromatic amines is 1. The standard InChI is InChI=1S/C25H36N8O5Si/c1-5-33(15-16-35-25(34)28-14-9-17-39(36-6-2,37-7-3)38-8-4)21-12-10-20(11-13-21)31-32-24-29-22(18-26)23(19-27)30-24/h10-13H,5-9,14-17H2,1-4H3,(H,28,34)(H,29,30). The second kappa shape index (κ2) is 16.9. The first-order chi connectivity index (χ1) is 18.9. The minimum absolute atomic E-state index is 0.0234. The molecule has 0 unspecified atom stereocenters. The van der Waals surface area contributed by atoms with Gasteiger partial charge in [0.15, 0.2) is 11.4 Å². The Hall–Kier alpha value is -3.82. The van der Waals surface area contributed by atoms with Crippen molar-refractivity contribution in [3.8, 4) is 12.1 Å². The number of hydrogen-bond donors (Lipinski definition) is 2. The molecule has 1 aromatic carbocycles. The molecule has 0 spiro atoms. The highest BCUT2D eigenvalue weighted by Crippen LogP contribution is 2.22. The minimum Gasteiger partial charge on any atom is -0.448 e. The Morgan fingerprint density at radius 3 is 2.26 bits per heavy atom. The third kappa shape index (κ3) is 10.1. The molecule has 1 amide bonds. The Kier molecular flexibility index (Phi) is 13.6. The number of anilines is 1. The van der Waals surface area contributed by atoms with Crippen molar-refractivity contribution in [3.05, 3.63) is 35.7 Å². The molecule has 39 heavy (non-hydrogen) atoms. The molecule has 2 rings (SSSR count). The molecule has 0 saturated carbocycles. The number of likely N-dealkylation sites (N-methyl/N-ethyl adjacent to an activating group) is 1. The quantitative estimate of drug-likeness (QED) is 0.161. The van der Waals surface area contributed by atoms with Gasteiger partial charge in [0.1, 0.15) is 18.7 Å². The monoisotopic (exact) mass is 556 g/mol. The molecule has 0 radical (unpaired) electrons. The molecule has 0 atom stereocenters. The van der Waals surface area contributed by atoms with Crippen LogP contribution in [0, 0.1) is 22.7 Å². The van der Waals surface area contributed by atoms with Crippen molar-refractivity contribution < 1.29 is 22.8 Å². The molecule has 2 N–H and O–H groups in total. The molecule has 13 nitrogen and oxygen atoms in total. The maximum absolute atomic E-state index is 12.1. The normalized spacial score (nSPS) is 11.2. The van der Waals surface area contributed by atoms with Gasteiger partial charge >= 0.3 is 14.9 Å². The van der Waals surface area contributed by atoms with E-state index in [-0.39, 0.29) is 23.9 Å². The fourth-order valence-corrected chi connectivity index (χ4v) is 6.28. The van der Waals surface area contributed by atoms with Crippen molar-refractivity contribution in [1.29, 1.82) is 10.5 Å². The van der Waals surface area contributed by atoms with E-state index in [1.165, 1.54) is 0 Å². The van der Waals surface area contributed by atoms with Crippen molar-refractivity contribution in [2.45, 2.75) is 40.2 Å². The van der Waals surface area contributed by atoms with E-state index in [1.54, 1.807) is 12.1 Å². The van der Waals surface area contributed by atoms with Gasteiger partial charge in [-0.3, -0.25) is 0 Å². The summed E-state index contributed by atoms with van der Waals surface area (Å²) >= 11 is 0. The van der Waals surface area contributed by atoms with Crippen LogP contribution in [0.2, 0.25) is 6.04 Å². The maximum Gasteiger partial charge on any atom is 0.500 e. The molecule has 0 aliphatic heterocycles. The van der Waals surface area contributed by atoms with Crippen LogP contribution in [0.1, 0.15) is 45.5 Å². The lowest BCUT2D eigenvalue weighted by Crippen LogP contribution is -2.46. The third-order valence-corrected chi connectivity index (χ3v) is 8.53. The van der Waals surface area contributed by atoms with Crippen LogP contribution < -0.4 is 10.2 Å². The van der Waals surface area contributed by atoms with Gasteiger partial charge in [0.05, 0.1) is 12.2 Å². The Bertz CT molecular complexity index is 1090. The molecule has 14 heteroatoms. The van der Waals surface area contributed by atoms with Crippen molar-refractivity contribution in [1.82, 2.24) is 15.3 Å². The van der Waals surface area contributed by atoms with Crippen LogP contribution in [0.3, 0.4) is 0 Å². The average molecular weight is 557 g/mol. The summed E-state index contributed by atoms with van der Waals surface area (Å²) in [6.45, 7) is 11.2. The SMILES string of the molecule is CCO[Si](CCCNC(=O)OCCN(CC)c1ccc(N=Nc2nc(C#N)c(C#N)[nH]2)cc1)(OCC)OCC. The number of aromatic nitrogens is 2. The number of H-pyrrole nitrogens is 1. The lowest BCUT2D eigenvalue weighted by atomic mass is 10.2. The highest BCUT2D eigenvalue weighted by atomic mass is 28.4. The Morgan fingerprint density at radius 1 is 1.05 bits per heavy atom. The topological polar surface area (TPSA) is 170 Å². The van der Waals surface area contributed by atoms with E-state index in [0.29, 0.717) is 57.6 Å². The number of ether oxygens (including phenoxy) is 1. The zero-order valence-corrected chi connectivity index (χ0v) is 23.9. The number of carbonyl (C=O) groups excluding carboxylic acids is 1. The number of nitriles is 2. The summed E-state index contributed by atoms with van der Waals surface area (Å²) in [5, 5.41) is 28.8. The van der Waals surface area contributed by atoms with Crippen LogP contribution in [0.15, 0.2) is 34.5 Å². The number of imidazole rings is 1. The molecule has 0 fully saturated rings. The summed E-state index contributed by atoms with van der Waals surface area (Å²) in [6, 6.07) is 11.6. The Balaban J connectivity index is 1.79.